The minimum absolute atomic E-state index is 0.0133. The fraction of sp³-hybridized carbons (Fsp3) is 0.167. The Bertz CT molecular complexity index is 1000. The van der Waals surface area contributed by atoms with Gasteiger partial charge < -0.3 is 9.73 Å². The Morgan fingerprint density at radius 2 is 1.96 bits per heavy atom. The van der Waals surface area contributed by atoms with Crippen LogP contribution >= 0.6 is 11.8 Å². The summed E-state index contributed by atoms with van der Waals surface area (Å²) < 4.78 is 5.58. The number of nitrogens with zero attached hydrogens (tertiary/aromatic N) is 3. The molecule has 9 heteroatoms. The summed E-state index contributed by atoms with van der Waals surface area (Å²) in [6.07, 6.45) is 0. The van der Waals surface area contributed by atoms with Crippen molar-refractivity contribution < 1.29 is 14.1 Å². The number of para-hydroxylation sites is 2. The van der Waals surface area contributed by atoms with E-state index in [1.165, 1.54) is 23.8 Å². The fourth-order valence-corrected chi connectivity index (χ4v) is 2.87. The highest BCUT2D eigenvalue weighted by atomic mass is 32.2. The van der Waals surface area contributed by atoms with Crippen molar-refractivity contribution in [2.24, 2.45) is 0 Å². The first-order valence-electron chi connectivity index (χ1n) is 8.01. The van der Waals surface area contributed by atoms with Gasteiger partial charge in [0.05, 0.1) is 10.7 Å². The second-order valence-corrected chi connectivity index (χ2v) is 6.71. The number of nitro benzene ring substituents is 1. The molecule has 0 fully saturated rings. The smallest absolute Gasteiger partial charge is 0.292 e. The number of benzene rings is 2. The molecule has 0 aliphatic carbocycles. The second-order valence-electron chi connectivity index (χ2n) is 5.78. The zero-order valence-corrected chi connectivity index (χ0v) is 15.4. The van der Waals surface area contributed by atoms with E-state index < -0.39 is 10.8 Å². The van der Waals surface area contributed by atoms with Gasteiger partial charge in [-0.3, -0.25) is 14.9 Å². The first kappa shape index (κ1) is 18.6. The van der Waals surface area contributed by atoms with Crippen molar-refractivity contribution in [2.75, 3.05) is 11.1 Å². The maximum Gasteiger partial charge on any atom is 0.292 e. The number of anilines is 1. The lowest BCUT2D eigenvalue weighted by Crippen LogP contribution is -2.15. The largest absolute Gasteiger partial charge is 0.411 e. The quantitative estimate of drug-likeness (QED) is 0.388. The predicted octanol–water partition coefficient (Wildman–Crippen LogP) is 3.99. The van der Waals surface area contributed by atoms with Crippen LogP contribution in [0.4, 0.5) is 11.4 Å². The Morgan fingerprint density at radius 1 is 1.19 bits per heavy atom. The summed E-state index contributed by atoms with van der Waals surface area (Å²) in [5.41, 5.74) is 3.07. The van der Waals surface area contributed by atoms with Gasteiger partial charge in [0.15, 0.2) is 0 Å². The average molecular weight is 384 g/mol. The SMILES string of the molecule is Cc1ccc(-c2nnc(SCC(=O)Nc3ccccc3[N+](=O)[O-])o2)cc1C. The Kier molecular flexibility index (Phi) is 5.51. The molecule has 27 heavy (non-hydrogen) atoms. The molecular weight excluding hydrogens is 368 g/mol. The highest BCUT2D eigenvalue weighted by Gasteiger charge is 2.16. The molecule has 2 aromatic carbocycles. The van der Waals surface area contributed by atoms with Crippen molar-refractivity contribution in [3.8, 4) is 11.5 Å². The number of thioether (sulfide) groups is 1. The molecule has 0 unspecified atom stereocenters. The standard InChI is InChI=1S/C18H16N4O4S/c1-11-7-8-13(9-12(11)2)17-20-21-18(26-17)27-10-16(23)19-14-5-3-4-6-15(14)22(24)25/h3-9H,10H2,1-2H3,(H,19,23). The molecule has 0 saturated carbocycles. The number of carbonyl (C=O) groups excluding carboxylic acids is 1. The number of aryl methyl sites for hydroxylation is 2. The first-order valence-corrected chi connectivity index (χ1v) is 9.00. The van der Waals surface area contributed by atoms with Crippen molar-refractivity contribution in [3.05, 3.63) is 63.7 Å². The first-order chi connectivity index (χ1) is 12.9. The van der Waals surface area contributed by atoms with Crippen molar-refractivity contribution >= 4 is 29.0 Å². The molecule has 0 aliphatic heterocycles. The molecule has 1 aromatic heterocycles. The van der Waals surface area contributed by atoms with E-state index in [1.54, 1.807) is 6.07 Å². The topological polar surface area (TPSA) is 111 Å². The zero-order chi connectivity index (χ0) is 19.4. The van der Waals surface area contributed by atoms with E-state index in [9.17, 15) is 14.9 Å². The molecule has 0 saturated heterocycles. The molecule has 0 atom stereocenters. The molecule has 1 amide bonds. The monoisotopic (exact) mass is 384 g/mol. The molecule has 0 radical (unpaired) electrons. The van der Waals surface area contributed by atoms with Crippen LogP contribution in [0.25, 0.3) is 11.5 Å². The van der Waals surface area contributed by atoms with E-state index in [0.29, 0.717) is 5.89 Å². The Labute approximate surface area is 159 Å². The van der Waals surface area contributed by atoms with Gasteiger partial charge in [0.25, 0.3) is 10.9 Å². The van der Waals surface area contributed by atoms with Crippen LogP contribution < -0.4 is 5.32 Å². The van der Waals surface area contributed by atoms with Crippen LogP contribution in [-0.4, -0.2) is 26.8 Å². The van der Waals surface area contributed by atoms with Gasteiger partial charge in [-0.25, -0.2) is 0 Å². The summed E-state index contributed by atoms with van der Waals surface area (Å²) in [6, 6.07) is 11.8. The molecule has 3 rings (SSSR count). The molecule has 0 spiro atoms. The number of nitro groups is 1. The summed E-state index contributed by atoms with van der Waals surface area (Å²) in [6.45, 7) is 4.02. The molecule has 3 aromatic rings. The van der Waals surface area contributed by atoms with Crippen LogP contribution in [-0.2, 0) is 4.79 Å². The third kappa shape index (κ3) is 4.50. The highest BCUT2D eigenvalue weighted by Crippen LogP contribution is 2.26. The summed E-state index contributed by atoms with van der Waals surface area (Å²) >= 11 is 1.06. The lowest BCUT2D eigenvalue weighted by Gasteiger charge is -2.04. The summed E-state index contributed by atoms with van der Waals surface area (Å²) in [5.74, 6) is -0.0411. The van der Waals surface area contributed by atoms with Crippen LogP contribution in [0.3, 0.4) is 0 Å². The lowest BCUT2D eigenvalue weighted by atomic mass is 10.1. The van der Waals surface area contributed by atoms with Crippen molar-refractivity contribution in [2.45, 2.75) is 19.1 Å². The van der Waals surface area contributed by atoms with Gasteiger partial charge in [0.2, 0.25) is 11.8 Å². The number of aromatic nitrogens is 2. The number of hydrogen-bond donors (Lipinski definition) is 1. The van der Waals surface area contributed by atoms with Crippen LogP contribution in [0.1, 0.15) is 11.1 Å². The van der Waals surface area contributed by atoms with Gasteiger partial charge in [-0.15, -0.1) is 10.2 Å². The van der Waals surface area contributed by atoms with Gasteiger partial charge in [-0.1, -0.05) is 30.0 Å². The predicted molar refractivity (Wildman–Crippen MR) is 102 cm³/mol. The van der Waals surface area contributed by atoms with E-state index in [1.807, 2.05) is 32.0 Å². The van der Waals surface area contributed by atoms with Gasteiger partial charge >= 0.3 is 0 Å². The number of nitrogens with one attached hydrogen (secondary N) is 1. The van der Waals surface area contributed by atoms with Crippen molar-refractivity contribution in [1.82, 2.24) is 10.2 Å². The van der Waals surface area contributed by atoms with Gasteiger partial charge in [0, 0.05) is 11.6 Å². The van der Waals surface area contributed by atoms with Gasteiger partial charge in [0.1, 0.15) is 5.69 Å². The van der Waals surface area contributed by atoms with E-state index in [-0.39, 0.29) is 22.4 Å². The van der Waals surface area contributed by atoms with Crippen LogP contribution in [0, 0.1) is 24.0 Å². The maximum absolute atomic E-state index is 12.1. The molecular formula is C18H16N4O4S. The third-order valence-electron chi connectivity index (χ3n) is 3.86. The zero-order valence-electron chi connectivity index (χ0n) is 14.6. The van der Waals surface area contributed by atoms with Gasteiger partial charge in [-0.2, -0.15) is 0 Å². The lowest BCUT2D eigenvalue weighted by molar-refractivity contribution is -0.383. The Morgan fingerprint density at radius 3 is 2.70 bits per heavy atom. The van der Waals surface area contributed by atoms with E-state index in [4.69, 9.17) is 4.42 Å². The highest BCUT2D eigenvalue weighted by molar-refractivity contribution is 7.99. The van der Waals surface area contributed by atoms with Crippen molar-refractivity contribution in [3.63, 3.8) is 0 Å². The Hall–Kier alpha value is -3.20. The van der Waals surface area contributed by atoms with Crippen LogP contribution in [0.5, 0.6) is 0 Å². The molecule has 8 nitrogen and oxygen atoms in total. The number of amides is 1. The number of rotatable bonds is 6. The van der Waals surface area contributed by atoms with E-state index in [2.05, 4.69) is 15.5 Å². The number of hydrogen-bond acceptors (Lipinski definition) is 7. The molecule has 0 aliphatic rings. The van der Waals surface area contributed by atoms with Crippen molar-refractivity contribution in [1.29, 1.82) is 0 Å². The third-order valence-corrected chi connectivity index (χ3v) is 4.68. The van der Waals surface area contributed by atoms with E-state index in [0.717, 1.165) is 22.9 Å². The second kappa shape index (κ2) is 8.00. The summed E-state index contributed by atoms with van der Waals surface area (Å²) in [4.78, 5) is 22.5. The summed E-state index contributed by atoms with van der Waals surface area (Å²) in [7, 11) is 0. The van der Waals surface area contributed by atoms with Gasteiger partial charge in [-0.05, 0) is 43.2 Å². The Balaban J connectivity index is 1.62. The fourth-order valence-electron chi connectivity index (χ4n) is 2.31. The minimum atomic E-state index is -0.545. The molecule has 0 bridgehead atoms. The van der Waals surface area contributed by atoms with Crippen LogP contribution in [0.15, 0.2) is 52.1 Å². The van der Waals surface area contributed by atoms with E-state index >= 15 is 0 Å². The van der Waals surface area contributed by atoms with Crippen LogP contribution in [0.2, 0.25) is 0 Å². The normalized spacial score (nSPS) is 10.6. The molecule has 138 valence electrons. The minimum Gasteiger partial charge on any atom is -0.411 e. The number of carbonyl (C=O) groups is 1. The average Bonchev–Trinajstić information content (AvgIpc) is 3.11. The molecule has 1 N–H and O–H groups in total. The molecule has 1 heterocycles. The maximum atomic E-state index is 12.1. The summed E-state index contributed by atoms with van der Waals surface area (Å²) in [5, 5.41) is 21.7.